The fraction of sp³-hybridized carbons (Fsp3) is 0.667. The van der Waals surface area contributed by atoms with Crippen LogP contribution in [0.5, 0.6) is 0 Å². The average molecular weight is 259 g/mol. The van der Waals surface area contributed by atoms with Gasteiger partial charge in [0.15, 0.2) is 0 Å². The maximum atomic E-state index is 12.3. The molecule has 3 unspecified atom stereocenters. The summed E-state index contributed by atoms with van der Waals surface area (Å²) in [6, 6.07) is 4.28. The lowest BCUT2D eigenvalue weighted by Gasteiger charge is -2.22. The van der Waals surface area contributed by atoms with Gasteiger partial charge in [0.05, 0.1) is 20.3 Å². The Bertz CT molecular complexity index is 311. The summed E-state index contributed by atoms with van der Waals surface area (Å²) in [4.78, 5) is 0. The molecule has 1 aromatic heterocycles. The highest BCUT2D eigenvalue weighted by atomic mass is 32.2. The zero-order valence-corrected chi connectivity index (χ0v) is 11.9. The molecule has 1 heterocycles. The third-order valence-electron chi connectivity index (χ3n) is 2.69. The highest BCUT2D eigenvalue weighted by Crippen LogP contribution is 2.19. The first kappa shape index (κ1) is 13.9. The van der Waals surface area contributed by atoms with Gasteiger partial charge < -0.3 is 5.32 Å². The van der Waals surface area contributed by atoms with Crippen molar-refractivity contribution >= 4 is 22.1 Å². The van der Waals surface area contributed by atoms with Crippen LogP contribution in [-0.4, -0.2) is 22.0 Å². The number of nitrogens with one attached hydrogen (secondary N) is 1. The number of rotatable bonds is 7. The van der Waals surface area contributed by atoms with Crippen molar-refractivity contribution in [2.24, 2.45) is 0 Å². The van der Waals surface area contributed by atoms with E-state index in [1.807, 2.05) is 17.5 Å². The Kier molecular flexibility index (Phi) is 6.24. The Morgan fingerprint density at radius 1 is 1.50 bits per heavy atom. The second-order valence-corrected chi connectivity index (χ2v) is 6.89. The topological polar surface area (TPSA) is 29.1 Å². The van der Waals surface area contributed by atoms with Crippen LogP contribution < -0.4 is 5.32 Å². The molecule has 2 nitrogen and oxygen atoms in total. The predicted molar refractivity (Wildman–Crippen MR) is 72.6 cm³/mol. The van der Waals surface area contributed by atoms with Gasteiger partial charge >= 0.3 is 0 Å². The molecular weight excluding hydrogens is 238 g/mol. The largest absolute Gasteiger partial charge is 0.313 e. The van der Waals surface area contributed by atoms with Crippen molar-refractivity contribution in [2.45, 2.75) is 49.1 Å². The van der Waals surface area contributed by atoms with Gasteiger partial charge in [-0.1, -0.05) is 19.9 Å². The summed E-state index contributed by atoms with van der Waals surface area (Å²) in [5, 5.41) is 5.64. The molecule has 0 amide bonds. The first-order valence-electron chi connectivity index (χ1n) is 5.88. The Balaban J connectivity index is 2.60. The summed E-state index contributed by atoms with van der Waals surface area (Å²) in [6.45, 7) is 7.38. The van der Waals surface area contributed by atoms with Gasteiger partial charge in [-0.2, -0.15) is 0 Å². The van der Waals surface area contributed by atoms with Gasteiger partial charge in [-0.15, -0.1) is 11.3 Å². The summed E-state index contributed by atoms with van der Waals surface area (Å²) in [6.07, 6.45) is 2.15. The van der Waals surface area contributed by atoms with Crippen molar-refractivity contribution in [1.82, 2.24) is 5.32 Å². The molecular formula is C12H21NOS2. The van der Waals surface area contributed by atoms with Crippen LogP contribution in [0.2, 0.25) is 0 Å². The monoisotopic (exact) mass is 259 g/mol. The second kappa shape index (κ2) is 7.20. The third kappa shape index (κ3) is 3.68. The number of hydrogen-bond donors (Lipinski definition) is 1. The lowest BCUT2D eigenvalue weighted by molar-refractivity contribution is 0.486. The first-order chi connectivity index (χ1) is 7.70. The summed E-state index contributed by atoms with van der Waals surface area (Å²) in [5.41, 5.74) is 0. The molecule has 0 radical (unpaired) electrons. The van der Waals surface area contributed by atoms with Crippen LogP contribution in [0, 0.1) is 0 Å². The maximum Gasteiger partial charge on any atom is 0.0913 e. The molecule has 0 aliphatic carbocycles. The number of hydrogen-bond acceptors (Lipinski definition) is 3. The molecule has 92 valence electrons. The van der Waals surface area contributed by atoms with Crippen LogP contribution in [0.3, 0.4) is 0 Å². The minimum Gasteiger partial charge on any atom is -0.313 e. The first-order valence-corrected chi connectivity index (χ1v) is 7.97. The normalized spacial score (nSPS) is 16.9. The van der Waals surface area contributed by atoms with Gasteiger partial charge in [-0.05, 0) is 37.8 Å². The molecule has 4 heteroatoms. The SMILES string of the molecule is CCCNC(CC)C(C)S(=O)c1cccs1. The molecule has 0 aliphatic heterocycles. The van der Waals surface area contributed by atoms with Crippen molar-refractivity contribution in [3.63, 3.8) is 0 Å². The lowest BCUT2D eigenvalue weighted by atomic mass is 10.1. The van der Waals surface area contributed by atoms with Crippen molar-refractivity contribution < 1.29 is 4.21 Å². The molecule has 0 saturated heterocycles. The molecule has 0 spiro atoms. The van der Waals surface area contributed by atoms with Gasteiger partial charge in [-0.3, -0.25) is 4.21 Å². The van der Waals surface area contributed by atoms with Crippen molar-refractivity contribution in [2.75, 3.05) is 6.54 Å². The van der Waals surface area contributed by atoms with Gasteiger partial charge in [-0.25, -0.2) is 0 Å². The number of thiophene rings is 1. The van der Waals surface area contributed by atoms with Crippen LogP contribution in [0.25, 0.3) is 0 Å². The van der Waals surface area contributed by atoms with Gasteiger partial charge in [0, 0.05) is 6.04 Å². The summed E-state index contributed by atoms with van der Waals surface area (Å²) in [7, 11) is -0.874. The highest BCUT2D eigenvalue weighted by molar-refractivity contribution is 7.87. The highest BCUT2D eigenvalue weighted by Gasteiger charge is 2.22. The van der Waals surface area contributed by atoms with Crippen molar-refractivity contribution in [3.05, 3.63) is 17.5 Å². The van der Waals surface area contributed by atoms with Gasteiger partial charge in [0.2, 0.25) is 0 Å². The van der Waals surface area contributed by atoms with E-state index in [4.69, 9.17) is 0 Å². The molecule has 3 atom stereocenters. The molecule has 0 aromatic carbocycles. The van der Waals surface area contributed by atoms with Gasteiger partial charge in [0.1, 0.15) is 0 Å². The lowest BCUT2D eigenvalue weighted by Crippen LogP contribution is -2.40. The molecule has 1 aromatic rings. The van der Waals surface area contributed by atoms with E-state index in [-0.39, 0.29) is 5.25 Å². The van der Waals surface area contributed by atoms with E-state index in [0.717, 1.165) is 23.6 Å². The van der Waals surface area contributed by atoms with Crippen LogP contribution in [-0.2, 0) is 10.8 Å². The molecule has 1 N–H and O–H groups in total. The summed E-state index contributed by atoms with van der Waals surface area (Å²) in [5.74, 6) is 0. The fourth-order valence-electron chi connectivity index (χ4n) is 1.68. The van der Waals surface area contributed by atoms with Crippen LogP contribution >= 0.6 is 11.3 Å². The summed E-state index contributed by atoms with van der Waals surface area (Å²) >= 11 is 1.58. The summed E-state index contributed by atoms with van der Waals surface area (Å²) < 4.78 is 13.2. The van der Waals surface area contributed by atoms with E-state index < -0.39 is 10.8 Å². The fourth-order valence-corrected chi connectivity index (χ4v) is 4.30. The maximum absolute atomic E-state index is 12.3. The molecule has 1 rings (SSSR count). The van der Waals surface area contributed by atoms with Crippen LogP contribution in [0.1, 0.15) is 33.6 Å². The average Bonchev–Trinajstić information content (AvgIpc) is 2.82. The minimum absolute atomic E-state index is 0.176. The molecule has 0 fully saturated rings. The second-order valence-electron chi connectivity index (χ2n) is 3.90. The Hall–Kier alpha value is -0.190. The van der Waals surface area contributed by atoms with E-state index >= 15 is 0 Å². The quantitative estimate of drug-likeness (QED) is 0.815. The third-order valence-corrected chi connectivity index (χ3v) is 5.67. The van der Waals surface area contributed by atoms with E-state index in [2.05, 4.69) is 26.1 Å². The van der Waals surface area contributed by atoms with E-state index in [1.54, 1.807) is 11.3 Å². The van der Waals surface area contributed by atoms with Crippen molar-refractivity contribution in [1.29, 1.82) is 0 Å². The Labute approximate surface area is 105 Å². The molecule has 16 heavy (non-hydrogen) atoms. The van der Waals surface area contributed by atoms with E-state index in [1.165, 1.54) is 0 Å². The predicted octanol–water partition coefficient (Wildman–Crippen LogP) is 3.02. The smallest absolute Gasteiger partial charge is 0.0913 e. The van der Waals surface area contributed by atoms with Crippen LogP contribution in [0.4, 0.5) is 0 Å². The van der Waals surface area contributed by atoms with Crippen molar-refractivity contribution in [3.8, 4) is 0 Å². The van der Waals surface area contributed by atoms with Crippen LogP contribution in [0.15, 0.2) is 21.7 Å². The minimum atomic E-state index is -0.874. The van der Waals surface area contributed by atoms with E-state index in [0.29, 0.717) is 6.04 Å². The molecule has 0 saturated carbocycles. The standard InChI is InChI=1S/C12H21NOS2/c1-4-8-13-11(5-2)10(3)16(14)12-7-6-9-15-12/h6-7,9-11,13H,4-5,8H2,1-3H3. The van der Waals surface area contributed by atoms with Gasteiger partial charge in [0.25, 0.3) is 0 Å². The Morgan fingerprint density at radius 3 is 2.75 bits per heavy atom. The zero-order valence-electron chi connectivity index (χ0n) is 10.2. The Morgan fingerprint density at radius 2 is 2.25 bits per heavy atom. The molecule has 0 bridgehead atoms. The molecule has 0 aliphatic rings. The van der Waals surface area contributed by atoms with E-state index in [9.17, 15) is 4.21 Å². The zero-order chi connectivity index (χ0) is 12.0.